The highest BCUT2D eigenvalue weighted by molar-refractivity contribution is 5.04. The van der Waals surface area contributed by atoms with Crippen LogP contribution in [0.1, 0.15) is 51.4 Å². The average Bonchev–Trinajstić information content (AvgIpc) is 2.79. The van der Waals surface area contributed by atoms with Crippen LogP contribution in [0, 0.1) is 5.41 Å². The third kappa shape index (κ3) is 1.89. The van der Waals surface area contributed by atoms with Crippen molar-refractivity contribution >= 4 is 0 Å². The van der Waals surface area contributed by atoms with Crippen molar-refractivity contribution in [1.82, 2.24) is 0 Å². The highest BCUT2D eigenvalue weighted by Crippen LogP contribution is 2.51. The number of hydrogen-bond acceptors (Lipinski definition) is 3. The number of nitrogens with two attached hydrogens (primary N) is 1. The molecule has 0 radical (unpaired) electrons. The van der Waals surface area contributed by atoms with E-state index in [2.05, 4.69) is 0 Å². The summed E-state index contributed by atoms with van der Waals surface area (Å²) in [5.41, 5.74) is 5.38. The third-order valence-corrected chi connectivity index (χ3v) is 4.95. The van der Waals surface area contributed by atoms with Crippen molar-refractivity contribution < 1.29 is 9.84 Å². The van der Waals surface area contributed by atoms with Gasteiger partial charge in [0.1, 0.15) is 0 Å². The van der Waals surface area contributed by atoms with Crippen LogP contribution in [0.2, 0.25) is 0 Å². The second-order valence-corrected chi connectivity index (χ2v) is 5.68. The van der Waals surface area contributed by atoms with Crippen LogP contribution in [0.25, 0.3) is 0 Å². The predicted octanol–water partition coefficient (Wildman–Crippen LogP) is 1.83. The first-order valence-electron chi connectivity index (χ1n) is 6.61. The lowest BCUT2D eigenvalue weighted by Gasteiger charge is -2.48. The Balaban J connectivity index is 2.15. The number of hydrogen-bond donors (Lipinski definition) is 2. The molecule has 0 aliphatic heterocycles. The summed E-state index contributed by atoms with van der Waals surface area (Å²) in [5.74, 6) is 0. The molecule has 2 aliphatic carbocycles. The van der Waals surface area contributed by atoms with E-state index in [-0.39, 0.29) is 11.5 Å². The summed E-state index contributed by atoms with van der Waals surface area (Å²) in [6, 6.07) is 0. The van der Waals surface area contributed by atoms with E-state index in [1.54, 1.807) is 7.11 Å². The van der Waals surface area contributed by atoms with Gasteiger partial charge in [-0.2, -0.15) is 0 Å². The molecule has 3 nitrogen and oxygen atoms in total. The fraction of sp³-hybridized carbons (Fsp3) is 1.00. The second kappa shape index (κ2) is 4.63. The van der Waals surface area contributed by atoms with Crippen LogP contribution < -0.4 is 5.73 Å². The highest BCUT2D eigenvalue weighted by atomic mass is 16.5. The van der Waals surface area contributed by atoms with Gasteiger partial charge >= 0.3 is 0 Å². The summed E-state index contributed by atoms with van der Waals surface area (Å²) in [6.45, 7) is 0.625. The van der Waals surface area contributed by atoms with E-state index in [0.717, 1.165) is 38.5 Å². The van der Waals surface area contributed by atoms with Gasteiger partial charge in [0.25, 0.3) is 0 Å². The number of ether oxygens (including phenoxy) is 1. The van der Waals surface area contributed by atoms with Gasteiger partial charge < -0.3 is 15.6 Å². The fourth-order valence-electron chi connectivity index (χ4n) is 3.80. The van der Waals surface area contributed by atoms with Crippen molar-refractivity contribution in [1.29, 1.82) is 0 Å². The van der Waals surface area contributed by atoms with Crippen LogP contribution in [0.5, 0.6) is 0 Å². The zero-order chi connectivity index (χ0) is 11.6. The lowest BCUT2D eigenvalue weighted by atomic mass is 9.63. The van der Waals surface area contributed by atoms with Gasteiger partial charge in [0.15, 0.2) is 0 Å². The molecule has 0 saturated heterocycles. The van der Waals surface area contributed by atoms with E-state index in [4.69, 9.17) is 10.5 Å². The molecule has 2 aliphatic rings. The molecule has 0 bridgehead atoms. The van der Waals surface area contributed by atoms with Crippen molar-refractivity contribution in [3.05, 3.63) is 0 Å². The van der Waals surface area contributed by atoms with Gasteiger partial charge in [0.05, 0.1) is 11.7 Å². The summed E-state index contributed by atoms with van der Waals surface area (Å²) in [7, 11) is 1.75. The molecule has 16 heavy (non-hydrogen) atoms. The molecule has 0 heterocycles. The summed E-state index contributed by atoms with van der Waals surface area (Å²) in [6.07, 6.45) is 8.69. The van der Waals surface area contributed by atoms with E-state index in [1.165, 1.54) is 12.8 Å². The topological polar surface area (TPSA) is 55.5 Å². The zero-order valence-corrected chi connectivity index (χ0v) is 10.4. The smallest absolute Gasteiger partial charge is 0.0740 e. The van der Waals surface area contributed by atoms with E-state index in [9.17, 15) is 5.11 Å². The maximum absolute atomic E-state index is 11.0. The highest BCUT2D eigenvalue weighted by Gasteiger charge is 2.52. The first-order chi connectivity index (χ1) is 7.66. The molecule has 3 N–H and O–H groups in total. The minimum Gasteiger partial charge on any atom is -0.389 e. The van der Waals surface area contributed by atoms with E-state index in [0.29, 0.717) is 6.54 Å². The van der Waals surface area contributed by atoms with Gasteiger partial charge in [0.2, 0.25) is 0 Å². The van der Waals surface area contributed by atoms with Gasteiger partial charge in [0, 0.05) is 25.5 Å². The molecular weight excluding hydrogens is 202 g/mol. The normalized spacial score (nSPS) is 38.8. The molecule has 0 aromatic heterocycles. The monoisotopic (exact) mass is 227 g/mol. The lowest BCUT2D eigenvalue weighted by Crippen LogP contribution is -2.54. The van der Waals surface area contributed by atoms with Crippen molar-refractivity contribution in [2.45, 2.75) is 63.1 Å². The molecule has 2 unspecified atom stereocenters. The first-order valence-corrected chi connectivity index (χ1v) is 6.61. The van der Waals surface area contributed by atoms with Crippen molar-refractivity contribution in [2.75, 3.05) is 13.7 Å². The molecule has 94 valence electrons. The summed E-state index contributed by atoms with van der Waals surface area (Å²) in [5, 5.41) is 11.0. The number of methoxy groups -OCH3 is 1. The minimum absolute atomic E-state index is 0.0236. The van der Waals surface area contributed by atoms with Gasteiger partial charge in [-0.1, -0.05) is 12.8 Å². The largest absolute Gasteiger partial charge is 0.389 e. The molecule has 0 amide bonds. The Kier molecular flexibility index (Phi) is 3.57. The summed E-state index contributed by atoms with van der Waals surface area (Å²) in [4.78, 5) is 0. The molecule has 0 aromatic carbocycles. The van der Waals surface area contributed by atoms with Gasteiger partial charge in [-0.15, -0.1) is 0 Å². The van der Waals surface area contributed by atoms with Gasteiger partial charge in [-0.3, -0.25) is 0 Å². The maximum atomic E-state index is 11.0. The molecule has 0 spiro atoms. The summed E-state index contributed by atoms with van der Waals surface area (Å²) < 4.78 is 5.43. The first kappa shape index (κ1) is 12.3. The van der Waals surface area contributed by atoms with Crippen molar-refractivity contribution in [3.8, 4) is 0 Å². The van der Waals surface area contributed by atoms with E-state index >= 15 is 0 Å². The molecule has 0 aromatic rings. The molecule has 2 rings (SSSR count). The van der Waals surface area contributed by atoms with Crippen LogP contribution in [-0.4, -0.2) is 30.5 Å². The van der Waals surface area contributed by atoms with Crippen LogP contribution >= 0.6 is 0 Å². The Labute approximate surface area is 98.4 Å². The molecule has 2 saturated carbocycles. The Morgan fingerprint density at radius 1 is 1.25 bits per heavy atom. The molecule has 2 fully saturated rings. The summed E-state index contributed by atoms with van der Waals surface area (Å²) >= 11 is 0. The van der Waals surface area contributed by atoms with Crippen LogP contribution in [0.3, 0.4) is 0 Å². The average molecular weight is 227 g/mol. The van der Waals surface area contributed by atoms with E-state index in [1.807, 2.05) is 0 Å². The van der Waals surface area contributed by atoms with Crippen molar-refractivity contribution in [2.24, 2.45) is 11.1 Å². The van der Waals surface area contributed by atoms with Gasteiger partial charge in [-0.25, -0.2) is 0 Å². The van der Waals surface area contributed by atoms with Crippen molar-refractivity contribution in [3.63, 3.8) is 0 Å². The SMILES string of the molecule is COC1CCCC(O)(C2(CN)CCCC2)C1. The molecule has 3 heteroatoms. The maximum Gasteiger partial charge on any atom is 0.0740 e. The Morgan fingerprint density at radius 3 is 2.50 bits per heavy atom. The van der Waals surface area contributed by atoms with Gasteiger partial charge in [-0.05, 0) is 32.1 Å². The number of rotatable bonds is 3. The lowest BCUT2D eigenvalue weighted by molar-refractivity contribution is -0.135. The molecular formula is C13H25NO2. The number of aliphatic hydroxyl groups is 1. The Bertz CT molecular complexity index is 238. The predicted molar refractivity (Wildman–Crippen MR) is 64.2 cm³/mol. The standard InChI is InChI=1S/C13H25NO2/c1-16-11-5-4-8-13(15,9-11)12(10-14)6-2-3-7-12/h11,15H,2-10,14H2,1H3. The quantitative estimate of drug-likeness (QED) is 0.773. The molecule has 2 atom stereocenters. The third-order valence-electron chi connectivity index (χ3n) is 4.95. The van der Waals surface area contributed by atoms with Crippen LogP contribution in [-0.2, 0) is 4.74 Å². The fourth-order valence-corrected chi connectivity index (χ4v) is 3.80. The van der Waals surface area contributed by atoms with Crippen LogP contribution in [0.15, 0.2) is 0 Å². The van der Waals surface area contributed by atoms with E-state index < -0.39 is 5.60 Å². The minimum atomic E-state index is -0.572. The Hall–Kier alpha value is -0.120. The Morgan fingerprint density at radius 2 is 1.94 bits per heavy atom. The second-order valence-electron chi connectivity index (χ2n) is 5.68. The zero-order valence-electron chi connectivity index (χ0n) is 10.4. The van der Waals surface area contributed by atoms with Crippen LogP contribution in [0.4, 0.5) is 0 Å².